The van der Waals surface area contributed by atoms with Crippen molar-refractivity contribution < 1.29 is 4.79 Å². The summed E-state index contributed by atoms with van der Waals surface area (Å²) in [7, 11) is 0. The van der Waals surface area contributed by atoms with E-state index in [4.69, 9.17) is 5.73 Å². The maximum absolute atomic E-state index is 11.3. The van der Waals surface area contributed by atoms with Gasteiger partial charge in [0.25, 0.3) is 0 Å². The highest BCUT2D eigenvalue weighted by molar-refractivity contribution is 5.75. The standard InChI is InChI=1S/C15H22N2O/c1-2-9-17-15(11-14(16)18)8-7-12-5-3-4-6-13(12)10-15/h3-6,17H,2,7-11H2,1H3,(H2,16,18). The molecule has 0 bridgehead atoms. The van der Waals surface area contributed by atoms with E-state index < -0.39 is 0 Å². The highest BCUT2D eigenvalue weighted by atomic mass is 16.1. The van der Waals surface area contributed by atoms with Gasteiger partial charge in [-0.25, -0.2) is 0 Å². The van der Waals surface area contributed by atoms with Crippen molar-refractivity contribution in [3.05, 3.63) is 35.4 Å². The van der Waals surface area contributed by atoms with Crippen LogP contribution in [0, 0.1) is 0 Å². The van der Waals surface area contributed by atoms with Crippen molar-refractivity contribution in [1.82, 2.24) is 5.32 Å². The lowest BCUT2D eigenvalue weighted by Crippen LogP contribution is -2.52. The minimum absolute atomic E-state index is 0.129. The zero-order chi connectivity index (χ0) is 13.0. The lowest BCUT2D eigenvalue weighted by Gasteiger charge is -2.38. The lowest BCUT2D eigenvalue weighted by atomic mass is 9.76. The molecule has 0 radical (unpaired) electrons. The molecule has 98 valence electrons. The lowest BCUT2D eigenvalue weighted by molar-refractivity contribution is -0.119. The first-order chi connectivity index (χ1) is 8.65. The first kappa shape index (κ1) is 13.1. The summed E-state index contributed by atoms with van der Waals surface area (Å²) in [5.74, 6) is -0.210. The molecule has 1 amide bonds. The molecule has 1 aromatic carbocycles. The number of amides is 1. The van der Waals surface area contributed by atoms with Gasteiger partial charge in [0, 0.05) is 12.0 Å². The summed E-state index contributed by atoms with van der Waals surface area (Å²) in [5.41, 5.74) is 8.06. The number of nitrogens with two attached hydrogens (primary N) is 1. The smallest absolute Gasteiger partial charge is 0.219 e. The van der Waals surface area contributed by atoms with Crippen molar-refractivity contribution in [2.45, 2.75) is 44.6 Å². The van der Waals surface area contributed by atoms with Gasteiger partial charge in [0.15, 0.2) is 0 Å². The Kier molecular flexibility index (Phi) is 4.02. The van der Waals surface area contributed by atoms with E-state index in [0.29, 0.717) is 6.42 Å². The van der Waals surface area contributed by atoms with Crippen LogP contribution in [0.2, 0.25) is 0 Å². The number of primary amides is 1. The average molecular weight is 246 g/mol. The molecule has 0 heterocycles. The van der Waals surface area contributed by atoms with Gasteiger partial charge < -0.3 is 11.1 Å². The molecule has 3 heteroatoms. The Balaban J connectivity index is 2.19. The Bertz CT molecular complexity index is 430. The SMILES string of the molecule is CCCNC1(CC(N)=O)CCc2ccccc2C1. The van der Waals surface area contributed by atoms with Crippen LogP contribution < -0.4 is 11.1 Å². The molecule has 1 atom stereocenters. The normalized spacial score (nSPS) is 22.5. The van der Waals surface area contributed by atoms with Crippen molar-refractivity contribution in [2.24, 2.45) is 5.73 Å². The van der Waals surface area contributed by atoms with Gasteiger partial charge in [-0.2, -0.15) is 0 Å². The number of fused-ring (bicyclic) bond motifs is 1. The van der Waals surface area contributed by atoms with Gasteiger partial charge in [0.1, 0.15) is 0 Å². The van der Waals surface area contributed by atoms with Crippen LogP contribution in [0.3, 0.4) is 0 Å². The Hall–Kier alpha value is -1.35. The Morgan fingerprint density at radius 2 is 2.11 bits per heavy atom. The number of hydrogen-bond acceptors (Lipinski definition) is 2. The van der Waals surface area contributed by atoms with E-state index in [1.165, 1.54) is 11.1 Å². The van der Waals surface area contributed by atoms with E-state index in [2.05, 4.69) is 36.5 Å². The molecule has 0 spiro atoms. The average Bonchev–Trinajstić information content (AvgIpc) is 2.35. The minimum atomic E-state index is -0.210. The third-order valence-electron chi connectivity index (χ3n) is 3.78. The van der Waals surface area contributed by atoms with Crippen LogP contribution >= 0.6 is 0 Å². The van der Waals surface area contributed by atoms with Crippen molar-refractivity contribution in [2.75, 3.05) is 6.54 Å². The third-order valence-corrected chi connectivity index (χ3v) is 3.78. The molecule has 0 aliphatic heterocycles. The molecule has 0 fully saturated rings. The molecular formula is C15H22N2O. The van der Waals surface area contributed by atoms with Crippen molar-refractivity contribution in [3.8, 4) is 0 Å². The van der Waals surface area contributed by atoms with Crippen molar-refractivity contribution >= 4 is 5.91 Å². The number of benzene rings is 1. The fourth-order valence-corrected chi connectivity index (χ4v) is 2.89. The summed E-state index contributed by atoms with van der Waals surface area (Å²) in [5, 5.41) is 3.56. The number of nitrogens with one attached hydrogen (secondary N) is 1. The first-order valence-corrected chi connectivity index (χ1v) is 6.75. The molecule has 0 saturated heterocycles. The molecule has 3 nitrogen and oxygen atoms in total. The minimum Gasteiger partial charge on any atom is -0.370 e. The van der Waals surface area contributed by atoms with Crippen LogP contribution in [0.15, 0.2) is 24.3 Å². The number of carbonyl (C=O) groups excluding carboxylic acids is 1. The predicted molar refractivity (Wildman–Crippen MR) is 73.3 cm³/mol. The molecule has 18 heavy (non-hydrogen) atoms. The van der Waals surface area contributed by atoms with E-state index in [-0.39, 0.29) is 11.4 Å². The summed E-state index contributed by atoms with van der Waals surface area (Å²) >= 11 is 0. The van der Waals surface area contributed by atoms with E-state index in [1.807, 2.05) is 0 Å². The Labute approximate surface area is 109 Å². The van der Waals surface area contributed by atoms with Gasteiger partial charge in [-0.05, 0) is 43.4 Å². The Morgan fingerprint density at radius 1 is 1.39 bits per heavy atom. The second-order valence-electron chi connectivity index (χ2n) is 5.30. The van der Waals surface area contributed by atoms with Crippen LogP contribution in [0.1, 0.15) is 37.3 Å². The van der Waals surface area contributed by atoms with Gasteiger partial charge in [-0.3, -0.25) is 4.79 Å². The molecule has 0 aromatic heterocycles. The molecule has 1 aliphatic carbocycles. The topological polar surface area (TPSA) is 55.1 Å². The highest BCUT2D eigenvalue weighted by Gasteiger charge is 2.34. The number of carbonyl (C=O) groups is 1. The van der Waals surface area contributed by atoms with Gasteiger partial charge in [0.2, 0.25) is 5.91 Å². The maximum Gasteiger partial charge on any atom is 0.219 e. The monoisotopic (exact) mass is 246 g/mol. The number of rotatable bonds is 5. The van der Waals surface area contributed by atoms with Crippen LogP contribution in [0.5, 0.6) is 0 Å². The van der Waals surface area contributed by atoms with Gasteiger partial charge in [-0.15, -0.1) is 0 Å². The van der Waals surface area contributed by atoms with Gasteiger partial charge in [0.05, 0.1) is 0 Å². The number of hydrogen-bond donors (Lipinski definition) is 2. The van der Waals surface area contributed by atoms with Gasteiger partial charge >= 0.3 is 0 Å². The summed E-state index contributed by atoms with van der Waals surface area (Å²) in [6, 6.07) is 8.50. The summed E-state index contributed by atoms with van der Waals surface area (Å²) in [6.45, 7) is 3.08. The largest absolute Gasteiger partial charge is 0.370 e. The van der Waals surface area contributed by atoms with Crippen molar-refractivity contribution in [3.63, 3.8) is 0 Å². The van der Waals surface area contributed by atoms with Crippen LogP contribution in [-0.4, -0.2) is 18.0 Å². The predicted octanol–water partition coefficient (Wildman–Crippen LogP) is 1.79. The van der Waals surface area contributed by atoms with Gasteiger partial charge in [-0.1, -0.05) is 31.2 Å². The molecule has 3 N–H and O–H groups in total. The first-order valence-electron chi connectivity index (χ1n) is 6.75. The summed E-state index contributed by atoms with van der Waals surface area (Å²) < 4.78 is 0. The second-order valence-corrected chi connectivity index (χ2v) is 5.30. The zero-order valence-electron chi connectivity index (χ0n) is 11.0. The van der Waals surface area contributed by atoms with E-state index in [1.54, 1.807) is 0 Å². The van der Waals surface area contributed by atoms with E-state index >= 15 is 0 Å². The Morgan fingerprint density at radius 3 is 2.78 bits per heavy atom. The summed E-state index contributed by atoms with van der Waals surface area (Å²) in [4.78, 5) is 11.3. The van der Waals surface area contributed by atoms with Crippen LogP contribution in [0.25, 0.3) is 0 Å². The second kappa shape index (κ2) is 5.53. The fraction of sp³-hybridized carbons (Fsp3) is 0.533. The molecule has 1 aliphatic rings. The van der Waals surface area contributed by atoms with E-state index in [9.17, 15) is 4.79 Å². The summed E-state index contributed by atoms with van der Waals surface area (Å²) in [6.07, 6.45) is 4.43. The van der Waals surface area contributed by atoms with Crippen LogP contribution in [-0.2, 0) is 17.6 Å². The highest BCUT2D eigenvalue weighted by Crippen LogP contribution is 2.31. The number of aryl methyl sites for hydroxylation is 1. The molecule has 1 unspecified atom stereocenters. The van der Waals surface area contributed by atoms with Crippen LogP contribution in [0.4, 0.5) is 0 Å². The van der Waals surface area contributed by atoms with Crippen molar-refractivity contribution in [1.29, 1.82) is 0 Å². The molecule has 0 saturated carbocycles. The quantitative estimate of drug-likeness (QED) is 0.832. The fourth-order valence-electron chi connectivity index (χ4n) is 2.89. The molecule has 1 aromatic rings. The van der Waals surface area contributed by atoms with E-state index in [0.717, 1.165) is 32.2 Å². The zero-order valence-corrected chi connectivity index (χ0v) is 11.0. The molecule has 2 rings (SSSR count). The third kappa shape index (κ3) is 2.91. The molecular weight excluding hydrogens is 224 g/mol. The maximum atomic E-state index is 11.3.